The summed E-state index contributed by atoms with van der Waals surface area (Å²) >= 11 is 1.73. The van der Waals surface area contributed by atoms with E-state index >= 15 is 0 Å². The summed E-state index contributed by atoms with van der Waals surface area (Å²) in [5.41, 5.74) is 0. The maximum absolute atomic E-state index is 11.7. The van der Waals surface area contributed by atoms with Crippen LogP contribution in [0.5, 0.6) is 0 Å². The third kappa shape index (κ3) is 4.20. The average molecular weight is 257 g/mol. The molecule has 2 aliphatic rings. The predicted molar refractivity (Wildman–Crippen MR) is 67.9 cm³/mol. The highest BCUT2D eigenvalue weighted by molar-refractivity contribution is 8.00. The van der Waals surface area contributed by atoms with Gasteiger partial charge in [-0.05, 0) is 25.9 Å². The van der Waals surface area contributed by atoms with E-state index in [1.54, 1.807) is 11.8 Å². The van der Waals surface area contributed by atoms with Crippen molar-refractivity contribution >= 4 is 23.6 Å². The van der Waals surface area contributed by atoms with Crippen LogP contribution < -0.4 is 16.0 Å². The Morgan fingerprint density at radius 2 is 2.18 bits per heavy atom. The summed E-state index contributed by atoms with van der Waals surface area (Å²) in [4.78, 5) is 22.6. The summed E-state index contributed by atoms with van der Waals surface area (Å²) in [5.74, 6) is 0.589. The summed E-state index contributed by atoms with van der Waals surface area (Å²) in [6.07, 6.45) is 2.70. The molecule has 17 heavy (non-hydrogen) atoms. The fraction of sp³-hybridized carbons (Fsp3) is 0.818. The molecule has 2 fully saturated rings. The molecule has 5 nitrogen and oxygen atoms in total. The van der Waals surface area contributed by atoms with E-state index in [1.165, 1.54) is 0 Å². The molecule has 0 aromatic heterocycles. The number of amides is 2. The van der Waals surface area contributed by atoms with E-state index in [1.807, 2.05) is 0 Å². The minimum Gasteiger partial charge on any atom is -0.354 e. The van der Waals surface area contributed by atoms with E-state index in [0.717, 1.165) is 25.9 Å². The average Bonchev–Trinajstić information content (AvgIpc) is 2.73. The molecule has 2 saturated heterocycles. The fourth-order valence-electron chi connectivity index (χ4n) is 2.13. The first kappa shape index (κ1) is 12.7. The van der Waals surface area contributed by atoms with Crippen LogP contribution in [-0.4, -0.2) is 48.5 Å². The van der Waals surface area contributed by atoms with Crippen molar-refractivity contribution in [3.63, 3.8) is 0 Å². The molecule has 0 saturated carbocycles. The molecular weight excluding hydrogens is 238 g/mol. The van der Waals surface area contributed by atoms with Gasteiger partial charge in [-0.1, -0.05) is 0 Å². The smallest absolute Gasteiger partial charge is 0.230 e. The number of rotatable bonds is 4. The first-order valence-corrected chi connectivity index (χ1v) is 7.17. The summed E-state index contributed by atoms with van der Waals surface area (Å²) in [6, 6.07) is -0.0105. The minimum absolute atomic E-state index is 0.0105. The number of piperidine rings is 1. The van der Waals surface area contributed by atoms with Gasteiger partial charge in [0.1, 0.15) is 0 Å². The topological polar surface area (TPSA) is 70.2 Å². The number of hydrogen-bond donors (Lipinski definition) is 3. The molecule has 0 aromatic rings. The van der Waals surface area contributed by atoms with Crippen LogP contribution in [0.4, 0.5) is 0 Å². The summed E-state index contributed by atoms with van der Waals surface area (Å²) in [5, 5.41) is 9.51. The van der Waals surface area contributed by atoms with Crippen LogP contribution >= 0.6 is 11.8 Å². The van der Waals surface area contributed by atoms with Gasteiger partial charge in [0.05, 0.1) is 11.8 Å². The lowest BCUT2D eigenvalue weighted by Gasteiger charge is -2.22. The zero-order chi connectivity index (χ0) is 12.1. The van der Waals surface area contributed by atoms with Crippen LogP contribution in [0.2, 0.25) is 0 Å². The van der Waals surface area contributed by atoms with Gasteiger partial charge in [0.15, 0.2) is 0 Å². The van der Waals surface area contributed by atoms with Gasteiger partial charge in [-0.3, -0.25) is 9.59 Å². The van der Waals surface area contributed by atoms with Crippen LogP contribution in [0.25, 0.3) is 0 Å². The lowest BCUT2D eigenvalue weighted by molar-refractivity contribution is -0.119. The maximum atomic E-state index is 11.7. The first-order chi connectivity index (χ1) is 8.24. The molecule has 1 atom stereocenters. The normalized spacial score (nSPS) is 25.6. The molecule has 2 amide bonds. The molecule has 1 unspecified atom stereocenters. The van der Waals surface area contributed by atoms with Crippen LogP contribution in [-0.2, 0) is 9.59 Å². The molecule has 96 valence electrons. The van der Waals surface area contributed by atoms with Crippen molar-refractivity contribution in [3.05, 3.63) is 0 Å². The van der Waals surface area contributed by atoms with Gasteiger partial charge >= 0.3 is 0 Å². The van der Waals surface area contributed by atoms with Gasteiger partial charge in [-0.25, -0.2) is 0 Å². The molecule has 0 bridgehead atoms. The van der Waals surface area contributed by atoms with Crippen LogP contribution in [0, 0.1) is 0 Å². The molecule has 2 aliphatic heterocycles. The summed E-state index contributed by atoms with van der Waals surface area (Å²) < 4.78 is 0. The van der Waals surface area contributed by atoms with Crippen molar-refractivity contribution in [2.45, 2.75) is 30.6 Å². The van der Waals surface area contributed by atoms with Crippen LogP contribution in [0.15, 0.2) is 0 Å². The molecule has 0 radical (unpaired) electrons. The summed E-state index contributed by atoms with van der Waals surface area (Å²) in [7, 11) is 0. The van der Waals surface area contributed by atoms with Crippen molar-refractivity contribution in [2.75, 3.05) is 25.4 Å². The van der Waals surface area contributed by atoms with Crippen LogP contribution in [0.3, 0.4) is 0 Å². The number of thioether (sulfide) groups is 1. The highest BCUT2D eigenvalue weighted by Gasteiger charge is 2.23. The van der Waals surface area contributed by atoms with Gasteiger partial charge in [0.2, 0.25) is 11.8 Å². The van der Waals surface area contributed by atoms with Crippen molar-refractivity contribution in [3.8, 4) is 0 Å². The Kier molecular flexibility index (Phi) is 4.67. The second kappa shape index (κ2) is 6.26. The standard InChI is InChI=1S/C11H19N3O2S/c15-10-5-8(6-13-10)14-11(16)7-17-9-1-3-12-4-2-9/h8-9,12H,1-7H2,(H,13,15)(H,14,16). The minimum atomic E-state index is -0.0105. The third-order valence-electron chi connectivity index (χ3n) is 3.08. The Morgan fingerprint density at radius 3 is 2.82 bits per heavy atom. The van der Waals surface area contributed by atoms with Crippen molar-refractivity contribution in [2.24, 2.45) is 0 Å². The van der Waals surface area contributed by atoms with E-state index in [9.17, 15) is 9.59 Å². The van der Waals surface area contributed by atoms with E-state index in [4.69, 9.17) is 0 Å². The number of carbonyl (C=O) groups is 2. The van der Waals surface area contributed by atoms with E-state index in [-0.39, 0.29) is 17.9 Å². The van der Waals surface area contributed by atoms with Crippen LogP contribution in [0.1, 0.15) is 19.3 Å². The summed E-state index contributed by atoms with van der Waals surface area (Å²) in [6.45, 7) is 2.68. The lowest BCUT2D eigenvalue weighted by Crippen LogP contribution is -2.38. The van der Waals surface area contributed by atoms with Crippen molar-refractivity contribution < 1.29 is 9.59 Å². The number of carbonyl (C=O) groups excluding carboxylic acids is 2. The van der Waals surface area contributed by atoms with Gasteiger partial charge in [0.25, 0.3) is 0 Å². The Hall–Kier alpha value is -0.750. The second-order valence-electron chi connectivity index (χ2n) is 4.53. The molecule has 2 rings (SSSR count). The third-order valence-corrected chi connectivity index (χ3v) is 4.45. The zero-order valence-electron chi connectivity index (χ0n) is 9.83. The van der Waals surface area contributed by atoms with Crippen molar-refractivity contribution in [1.29, 1.82) is 0 Å². The SMILES string of the molecule is O=C1CC(NC(=O)CSC2CCNCC2)CN1. The highest BCUT2D eigenvalue weighted by atomic mass is 32.2. The molecule has 0 aliphatic carbocycles. The monoisotopic (exact) mass is 257 g/mol. The highest BCUT2D eigenvalue weighted by Crippen LogP contribution is 2.19. The number of nitrogens with one attached hydrogen (secondary N) is 3. The van der Waals surface area contributed by atoms with E-state index < -0.39 is 0 Å². The van der Waals surface area contributed by atoms with E-state index in [2.05, 4.69) is 16.0 Å². The van der Waals surface area contributed by atoms with Gasteiger partial charge < -0.3 is 16.0 Å². The molecular formula is C11H19N3O2S. The Balaban J connectivity index is 1.61. The molecule has 6 heteroatoms. The molecule has 3 N–H and O–H groups in total. The Labute approximate surface area is 105 Å². The van der Waals surface area contributed by atoms with Gasteiger partial charge in [-0.15, -0.1) is 11.8 Å². The second-order valence-corrected chi connectivity index (χ2v) is 5.82. The fourth-order valence-corrected chi connectivity index (χ4v) is 3.17. The predicted octanol–water partition coefficient (Wildman–Crippen LogP) is -0.524. The quantitative estimate of drug-likeness (QED) is 0.633. The molecule has 0 aromatic carbocycles. The van der Waals surface area contributed by atoms with Crippen molar-refractivity contribution in [1.82, 2.24) is 16.0 Å². The van der Waals surface area contributed by atoms with Gasteiger partial charge in [0, 0.05) is 18.2 Å². The molecule has 2 heterocycles. The Morgan fingerprint density at radius 1 is 1.41 bits per heavy atom. The first-order valence-electron chi connectivity index (χ1n) is 6.12. The maximum Gasteiger partial charge on any atom is 0.230 e. The van der Waals surface area contributed by atoms with E-state index in [0.29, 0.717) is 24.0 Å². The lowest BCUT2D eigenvalue weighted by atomic mass is 10.2. The zero-order valence-corrected chi connectivity index (χ0v) is 10.6. The van der Waals surface area contributed by atoms with Gasteiger partial charge in [-0.2, -0.15) is 0 Å². The number of hydrogen-bond acceptors (Lipinski definition) is 4. The largest absolute Gasteiger partial charge is 0.354 e. The molecule has 0 spiro atoms. The Bertz CT molecular complexity index is 292.